The molecule has 1 unspecified atom stereocenters. The fraction of sp³-hybridized carbons (Fsp3) is 0.476. The lowest BCUT2D eigenvalue weighted by Crippen LogP contribution is -2.27. The topological polar surface area (TPSA) is 113 Å². The summed E-state index contributed by atoms with van der Waals surface area (Å²) < 4.78 is 8.41. The minimum atomic E-state index is -0.261. The molecular weight excluding hydrogens is 638 g/mol. The molecule has 0 amide bonds. The smallest absolute Gasteiger partial charge is 0.229 e. The number of phenolic OH excluding ortho intramolecular Hbond substituents is 1. The molecule has 2 aromatic carbocycles. The summed E-state index contributed by atoms with van der Waals surface area (Å²) in [4.78, 5) is 37.2. The largest absolute Gasteiger partial charge is 0.507 e. The number of hydrogen-bond donors (Lipinski definition) is 2. The molecule has 274 valence electrons. The maximum absolute atomic E-state index is 13.2. The van der Waals surface area contributed by atoms with E-state index in [0.29, 0.717) is 34.6 Å². The molecule has 2 N–H and O–H groups in total. The quantitative estimate of drug-likeness (QED) is 0.124. The highest BCUT2D eigenvalue weighted by Gasteiger charge is 2.24. The summed E-state index contributed by atoms with van der Waals surface area (Å²) in [6.07, 6.45) is 10.4. The average molecular weight is 696 g/mol. The number of ketones is 1. The fourth-order valence-electron chi connectivity index (χ4n) is 6.54. The van der Waals surface area contributed by atoms with Gasteiger partial charge in [0.1, 0.15) is 22.4 Å². The molecule has 0 saturated heterocycles. The predicted molar refractivity (Wildman–Crippen MR) is 212 cm³/mol. The number of nitrogens with zero attached hydrogens (tertiary/aromatic N) is 4. The highest BCUT2D eigenvalue weighted by Crippen LogP contribution is 2.36. The first-order valence-electron chi connectivity index (χ1n) is 19.0. The Morgan fingerprint density at radius 3 is 2.43 bits per heavy atom. The third-order valence-electron chi connectivity index (χ3n) is 9.27. The highest BCUT2D eigenvalue weighted by molar-refractivity contribution is 5.98. The molecule has 1 fully saturated rings. The van der Waals surface area contributed by atoms with Gasteiger partial charge in [-0.1, -0.05) is 86.3 Å². The summed E-state index contributed by atoms with van der Waals surface area (Å²) in [5, 5.41) is 15.3. The van der Waals surface area contributed by atoms with Gasteiger partial charge in [-0.25, -0.2) is 4.98 Å². The Bertz CT molecular complexity index is 1960. The van der Waals surface area contributed by atoms with Gasteiger partial charge in [0.05, 0.1) is 5.69 Å². The summed E-state index contributed by atoms with van der Waals surface area (Å²) in [5.74, 6) is 1.44. The molecule has 51 heavy (non-hydrogen) atoms. The zero-order valence-electron chi connectivity index (χ0n) is 31.9. The summed E-state index contributed by atoms with van der Waals surface area (Å²) in [5.41, 5.74) is 3.83. The van der Waals surface area contributed by atoms with Crippen LogP contribution in [0.3, 0.4) is 0 Å². The maximum Gasteiger partial charge on any atom is 0.229 e. The molecule has 1 saturated carbocycles. The summed E-state index contributed by atoms with van der Waals surface area (Å²) in [6, 6.07) is 14.8. The lowest BCUT2D eigenvalue weighted by atomic mass is 10.0. The van der Waals surface area contributed by atoms with Crippen molar-refractivity contribution in [1.29, 1.82) is 0 Å². The lowest BCUT2D eigenvalue weighted by molar-refractivity contribution is 0.100. The number of phenols is 1. The Balaban J connectivity index is 0.00000111. The highest BCUT2D eigenvalue weighted by atomic mass is 16.4. The van der Waals surface area contributed by atoms with Crippen LogP contribution in [0.4, 0.5) is 17.5 Å². The van der Waals surface area contributed by atoms with E-state index < -0.39 is 0 Å². The number of nitrogens with one attached hydrogen (secondary N) is 1. The number of Topliss-reactive ketones (excluding diaryl/α,β-unsaturated/α-hetero) is 1. The van der Waals surface area contributed by atoms with Gasteiger partial charge >= 0.3 is 0 Å². The Hall–Kier alpha value is -4.66. The van der Waals surface area contributed by atoms with Crippen molar-refractivity contribution in [3.8, 4) is 16.9 Å². The van der Waals surface area contributed by atoms with Crippen molar-refractivity contribution in [3.63, 3.8) is 0 Å². The van der Waals surface area contributed by atoms with Gasteiger partial charge in [-0.3, -0.25) is 9.59 Å². The predicted octanol–water partition coefficient (Wildman–Crippen LogP) is 11.1. The van der Waals surface area contributed by atoms with E-state index in [-0.39, 0.29) is 28.4 Å². The minimum Gasteiger partial charge on any atom is -0.507 e. The SMILES string of the molecule is CC.CCC.CCCN(CCC(C)CC)c1cc(=O)c2c(O)cc(-c3cccc(Nc4ncc5cc(C(C)=O)n(C6CCCC6)c5n4)c3)cc2o1. The first kappa shape index (κ1) is 39.1. The number of aromatic hydroxyl groups is 1. The molecule has 3 heterocycles. The molecule has 0 aliphatic heterocycles. The van der Waals surface area contributed by atoms with E-state index in [1.165, 1.54) is 12.5 Å². The fourth-order valence-corrected chi connectivity index (χ4v) is 6.54. The summed E-state index contributed by atoms with van der Waals surface area (Å²) in [7, 11) is 0. The number of aromatic nitrogens is 3. The second-order valence-corrected chi connectivity index (χ2v) is 13.4. The van der Waals surface area contributed by atoms with E-state index in [9.17, 15) is 14.7 Å². The molecule has 0 spiro atoms. The van der Waals surface area contributed by atoms with Gasteiger partial charge in [0, 0.05) is 49.4 Å². The number of rotatable bonds is 12. The van der Waals surface area contributed by atoms with Crippen LogP contribution < -0.4 is 15.6 Å². The molecule has 3 aromatic heterocycles. The molecule has 5 aromatic rings. The van der Waals surface area contributed by atoms with Crippen molar-refractivity contribution in [2.75, 3.05) is 23.3 Å². The van der Waals surface area contributed by atoms with Crippen molar-refractivity contribution in [2.45, 2.75) is 113 Å². The van der Waals surface area contributed by atoms with Crippen LogP contribution in [0, 0.1) is 5.92 Å². The van der Waals surface area contributed by atoms with Crippen LogP contribution in [0.25, 0.3) is 33.1 Å². The molecule has 9 heteroatoms. The van der Waals surface area contributed by atoms with E-state index in [4.69, 9.17) is 9.40 Å². The van der Waals surface area contributed by atoms with E-state index >= 15 is 0 Å². The zero-order valence-corrected chi connectivity index (χ0v) is 31.9. The molecule has 0 bridgehead atoms. The number of hydrogen-bond acceptors (Lipinski definition) is 8. The van der Waals surface area contributed by atoms with Gasteiger partial charge in [-0.2, -0.15) is 4.98 Å². The first-order chi connectivity index (χ1) is 24.7. The van der Waals surface area contributed by atoms with Crippen LogP contribution in [0.15, 0.2) is 63.9 Å². The Kier molecular flexibility index (Phi) is 14.2. The van der Waals surface area contributed by atoms with Crippen LogP contribution in [0.2, 0.25) is 0 Å². The van der Waals surface area contributed by atoms with Crippen molar-refractivity contribution in [1.82, 2.24) is 14.5 Å². The zero-order chi connectivity index (χ0) is 37.1. The Morgan fingerprint density at radius 1 is 1.04 bits per heavy atom. The van der Waals surface area contributed by atoms with Crippen molar-refractivity contribution in [3.05, 3.63) is 70.6 Å². The van der Waals surface area contributed by atoms with Crippen LogP contribution in [0.5, 0.6) is 5.75 Å². The second-order valence-electron chi connectivity index (χ2n) is 13.4. The average Bonchev–Trinajstić information content (AvgIpc) is 3.79. The molecule has 6 rings (SSSR count). The van der Waals surface area contributed by atoms with Gasteiger partial charge < -0.3 is 24.3 Å². The lowest BCUT2D eigenvalue weighted by Gasteiger charge is -2.24. The Morgan fingerprint density at radius 2 is 1.76 bits per heavy atom. The second kappa shape index (κ2) is 18.5. The molecule has 1 aliphatic carbocycles. The van der Waals surface area contributed by atoms with Crippen molar-refractivity contribution in [2.24, 2.45) is 5.92 Å². The van der Waals surface area contributed by atoms with Gasteiger partial charge in [0.15, 0.2) is 17.1 Å². The van der Waals surface area contributed by atoms with Crippen LogP contribution in [0.1, 0.15) is 123 Å². The number of anilines is 3. The van der Waals surface area contributed by atoms with Crippen LogP contribution >= 0.6 is 0 Å². The summed E-state index contributed by atoms with van der Waals surface area (Å²) >= 11 is 0. The van der Waals surface area contributed by atoms with Crippen molar-refractivity contribution >= 4 is 45.3 Å². The third kappa shape index (κ3) is 9.37. The number of benzene rings is 2. The molecule has 1 aliphatic rings. The Labute approximate surface area is 303 Å². The van der Waals surface area contributed by atoms with E-state index in [2.05, 4.69) is 54.4 Å². The maximum atomic E-state index is 13.2. The number of carbonyl (C=O) groups excluding carboxylic acids is 1. The van der Waals surface area contributed by atoms with Crippen LogP contribution in [-0.2, 0) is 0 Å². The van der Waals surface area contributed by atoms with Gasteiger partial charge in [-0.15, -0.1) is 0 Å². The monoisotopic (exact) mass is 695 g/mol. The minimum absolute atomic E-state index is 0.0258. The van der Waals surface area contributed by atoms with Gasteiger partial charge in [-0.05, 0) is 73.1 Å². The molecule has 0 radical (unpaired) electrons. The number of fused-ring (bicyclic) bond motifs is 2. The third-order valence-corrected chi connectivity index (χ3v) is 9.27. The van der Waals surface area contributed by atoms with E-state index in [1.807, 2.05) is 50.2 Å². The van der Waals surface area contributed by atoms with Gasteiger partial charge in [0.25, 0.3) is 0 Å². The molecular formula is C42H57N5O4. The number of carbonyl (C=O) groups is 1. The molecule has 9 nitrogen and oxygen atoms in total. The first-order valence-corrected chi connectivity index (χ1v) is 19.0. The van der Waals surface area contributed by atoms with E-state index in [1.54, 1.807) is 19.2 Å². The normalized spacial score (nSPS) is 13.3. The summed E-state index contributed by atoms with van der Waals surface area (Å²) in [6.45, 7) is 18.0. The van der Waals surface area contributed by atoms with Crippen LogP contribution in [-0.4, -0.2) is 38.5 Å². The van der Waals surface area contributed by atoms with Crippen molar-refractivity contribution < 1.29 is 14.3 Å². The van der Waals surface area contributed by atoms with Gasteiger partial charge in [0.2, 0.25) is 5.95 Å². The molecule has 1 atom stereocenters. The standard InChI is InChI=1S/C37H43N5O4.C3H8.C2H6/c1-5-15-41(16-14-23(3)6-2)34-21-32(45)35-31(44)19-26(20-33(35)46-34)25-10-9-11-28(17-25)39-37-38-22-27-18-30(24(4)43)42(36(27)40-37)29-12-7-8-13-29;1-3-2;1-2/h9-11,17-23,29,44H,5-8,12-16H2,1-4H3,(H,38,39,40);3H2,1-2H3;1-2H3. The van der Waals surface area contributed by atoms with E-state index in [0.717, 1.165) is 80.3 Å².